The summed E-state index contributed by atoms with van der Waals surface area (Å²) in [5.74, 6) is -10.8. The number of carboxylic acid groups (broad SMARTS) is 4. The molecule has 4 heterocycles. The zero-order chi connectivity index (χ0) is 50.3. The summed E-state index contributed by atoms with van der Waals surface area (Å²) >= 11 is 0. The van der Waals surface area contributed by atoms with Gasteiger partial charge in [0.05, 0.1) is 43.8 Å². The lowest BCUT2D eigenvalue weighted by molar-refractivity contribution is 0.0684. The van der Waals surface area contributed by atoms with Crippen LogP contribution < -0.4 is 32.8 Å². The second-order valence-corrected chi connectivity index (χ2v) is 21.6. The van der Waals surface area contributed by atoms with E-state index in [9.17, 15) is 39.6 Å². The fourth-order valence-corrected chi connectivity index (χ4v) is 17.9. The Bertz CT molecular complexity index is 3590. The lowest BCUT2D eigenvalue weighted by Gasteiger charge is -2.33. The van der Waals surface area contributed by atoms with Crippen LogP contribution in [0.5, 0.6) is 0 Å². The van der Waals surface area contributed by atoms with Gasteiger partial charge in [-0.3, -0.25) is 19.2 Å². The molecule has 7 aromatic carbocycles. The van der Waals surface area contributed by atoms with E-state index in [0.29, 0.717) is 10.6 Å². The van der Waals surface area contributed by atoms with E-state index in [4.69, 9.17) is 0 Å². The van der Waals surface area contributed by atoms with Crippen molar-refractivity contribution in [2.24, 2.45) is 0 Å². The predicted molar refractivity (Wildman–Crippen MR) is 271 cm³/mol. The number of aromatic carboxylic acids is 4. The van der Waals surface area contributed by atoms with Crippen molar-refractivity contribution in [2.75, 3.05) is 0 Å². The van der Waals surface area contributed by atoms with Gasteiger partial charge in [0.2, 0.25) is 0 Å². The van der Waals surface area contributed by atoms with Gasteiger partial charge in [-0.1, -0.05) is 121 Å². The number of aromatic nitrogens is 4. The molecule has 354 valence electrons. The second-order valence-electron chi connectivity index (χ2n) is 17.1. The number of carboxylic acids is 4. The SMILES string of the molecule is O=C(O)c1ccccc1[C@H]1n2c(=O)c3ccccc3c(=O)n2[C@H](c2ccccc2C(=O)O)P1c1ccccc1P1[C@@H](c2ccccc2C(=O)O)n2c(=O)c3ccccc3c(=O)n2[C@@H]1c1ccccc1C(=O)O. The van der Waals surface area contributed by atoms with E-state index >= 15 is 19.2 Å². The summed E-state index contributed by atoms with van der Waals surface area (Å²) in [7, 11) is -4.78. The summed E-state index contributed by atoms with van der Waals surface area (Å²) in [5, 5.41) is 44.3. The highest BCUT2D eigenvalue weighted by Crippen LogP contribution is 2.70. The zero-order valence-electron chi connectivity index (χ0n) is 37.2. The molecule has 0 bridgehead atoms. The maximum atomic E-state index is 15.3. The van der Waals surface area contributed by atoms with Crippen LogP contribution in [-0.2, 0) is 0 Å². The Labute approximate surface area is 407 Å². The van der Waals surface area contributed by atoms with Gasteiger partial charge in [0.1, 0.15) is 23.1 Å². The minimum atomic E-state index is -2.39. The van der Waals surface area contributed by atoms with Crippen LogP contribution in [-0.4, -0.2) is 63.0 Å². The van der Waals surface area contributed by atoms with E-state index in [0.717, 1.165) is 0 Å². The lowest BCUT2D eigenvalue weighted by atomic mass is 10.1. The van der Waals surface area contributed by atoms with Crippen LogP contribution in [0.4, 0.5) is 0 Å². The van der Waals surface area contributed by atoms with Crippen LogP contribution in [0.1, 0.15) is 86.8 Å². The van der Waals surface area contributed by atoms with Gasteiger partial charge >= 0.3 is 23.9 Å². The molecule has 2 aliphatic heterocycles. The lowest BCUT2D eigenvalue weighted by Crippen LogP contribution is -2.37. The van der Waals surface area contributed by atoms with Crippen molar-refractivity contribution >= 4 is 71.9 Å². The van der Waals surface area contributed by atoms with Gasteiger partial charge in [-0.25, -0.2) is 37.9 Å². The molecule has 9 aromatic rings. The van der Waals surface area contributed by atoms with Crippen molar-refractivity contribution in [3.8, 4) is 0 Å². The van der Waals surface area contributed by atoms with E-state index in [-0.39, 0.29) is 66.1 Å². The number of hydrogen-bond acceptors (Lipinski definition) is 8. The molecule has 0 fully saturated rings. The van der Waals surface area contributed by atoms with Crippen molar-refractivity contribution < 1.29 is 39.6 Å². The standard InChI is InChI=1S/C54H36N4O12P2/c59-43-29-15-1-2-16-30(29)44(60)56-48(34-20-6-10-24-38(34)52(65)66)71(47(55(43)56)33-19-5-9-23-37(33)51(63)64)41-27-13-14-28-42(41)72-49(35-21-7-11-25-39(35)53(67)68)57-45(61)31-17-3-4-18-32(31)46(62)58(57)50(72)36-22-8-12-26-40(36)54(69)70/h1-28,47-50H,(H,63,64)(H,65,66)(H,67,68)(H,69,70)/t47-,48-,49-,50-/m0/s1. The molecule has 0 saturated heterocycles. The molecular weight excluding hydrogens is 959 g/mol. The molecule has 0 unspecified atom stereocenters. The highest BCUT2D eigenvalue weighted by Gasteiger charge is 2.52. The first-order chi connectivity index (χ1) is 34.8. The molecule has 0 amide bonds. The summed E-state index contributed by atoms with van der Waals surface area (Å²) in [4.78, 5) is 115. The van der Waals surface area contributed by atoms with Gasteiger partial charge in [-0.05, 0) is 97.2 Å². The van der Waals surface area contributed by atoms with Gasteiger partial charge in [0.15, 0.2) is 0 Å². The molecule has 0 spiro atoms. The van der Waals surface area contributed by atoms with E-state index < -0.39 is 85.1 Å². The number of hydrogen-bond donors (Lipinski definition) is 4. The summed E-state index contributed by atoms with van der Waals surface area (Å²) in [6, 6.07) is 43.1. The molecule has 4 N–H and O–H groups in total. The molecule has 4 atom stereocenters. The van der Waals surface area contributed by atoms with Gasteiger partial charge in [-0.15, -0.1) is 0 Å². The van der Waals surface area contributed by atoms with Crippen molar-refractivity contribution in [2.45, 2.75) is 23.1 Å². The Kier molecular flexibility index (Phi) is 11.1. The van der Waals surface area contributed by atoms with Crippen molar-refractivity contribution in [1.82, 2.24) is 18.7 Å². The van der Waals surface area contributed by atoms with Crippen LogP contribution in [0.25, 0.3) is 21.5 Å². The average Bonchev–Trinajstić information content (AvgIpc) is 3.94. The highest BCUT2D eigenvalue weighted by molar-refractivity contribution is 7.72. The first-order valence-corrected chi connectivity index (χ1v) is 25.2. The van der Waals surface area contributed by atoms with Crippen LogP contribution >= 0.6 is 15.8 Å². The highest BCUT2D eigenvalue weighted by atomic mass is 31.1. The molecule has 16 nitrogen and oxygen atoms in total. The third kappa shape index (κ3) is 6.82. The number of fused-ring (bicyclic) bond motifs is 4. The summed E-state index contributed by atoms with van der Waals surface area (Å²) in [6.45, 7) is 0. The van der Waals surface area contributed by atoms with Gasteiger partial charge in [0, 0.05) is 0 Å². The Morgan fingerprint density at radius 3 is 0.722 bits per heavy atom. The van der Waals surface area contributed by atoms with Crippen LogP contribution in [0.2, 0.25) is 0 Å². The van der Waals surface area contributed by atoms with E-state index in [1.807, 2.05) is 0 Å². The predicted octanol–water partition coefficient (Wildman–Crippen LogP) is 7.26. The maximum Gasteiger partial charge on any atom is 0.336 e. The van der Waals surface area contributed by atoms with Crippen molar-refractivity contribution in [3.05, 3.63) is 256 Å². The fraction of sp³-hybridized carbons (Fsp3) is 0.0741. The first-order valence-electron chi connectivity index (χ1n) is 22.3. The van der Waals surface area contributed by atoms with Gasteiger partial charge in [-0.2, -0.15) is 0 Å². The third-order valence-electron chi connectivity index (χ3n) is 13.4. The minimum absolute atomic E-state index is 0.0177. The monoisotopic (exact) mass is 994 g/mol. The molecule has 72 heavy (non-hydrogen) atoms. The third-order valence-corrected chi connectivity index (χ3v) is 19.5. The number of benzene rings is 7. The number of carbonyl (C=O) groups is 4. The number of nitrogens with zero attached hydrogens (tertiary/aromatic N) is 4. The topological polar surface area (TPSA) is 237 Å². The van der Waals surface area contributed by atoms with E-state index in [1.165, 1.54) is 116 Å². The summed E-state index contributed by atoms with van der Waals surface area (Å²) < 4.78 is 4.85. The molecule has 18 heteroatoms. The zero-order valence-corrected chi connectivity index (χ0v) is 39.0. The fourth-order valence-electron chi connectivity index (χ4n) is 10.5. The van der Waals surface area contributed by atoms with E-state index in [1.54, 1.807) is 72.8 Å². The molecule has 2 aliphatic rings. The largest absolute Gasteiger partial charge is 0.478 e. The van der Waals surface area contributed by atoms with Gasteiger partial charge < -0.3 is 20.4 Å². The first kappa shape index (κ1) is 45.6. The summed E-state index contributed by atoms with van der Waals surface area (Å²) in [5.41, 5.74) is -3.17. The summed E-state index contributed by atoms with van der Waals surface area (Å²) in [6.07, 6.45) is 0. The molecule has 11 rings (SSSR count). The van der Waals surface area contributed by atoms with Crippen LogP contribution in [0.3, 0.4) is 0 Å². The second kappa shape index (κ2) is 17.5. The van der Waals surface area contributed by atoms with Crippen LogP contribution in [0, 0.1) is 0 Å². The van der Waals surface area contributed by atoms with Crippen molar-refractivity contribution in [1.29, 1.82) is 0 Å². The van der Waals surface area contributed by atoms with Crippen LogP contribution in [0.15, 0.2) is 189 Å². The average molecular weight is 995 g/mol. The van der Waals surface area contributed by atoms with Gasteiger partial charge in [0.25, 0.3) is 22.2 Å². The molecular formula is C54H36N4O12P2. The molecule has 0 radical (unpaired) electrons. The Morgan fingerprint density at radius 2 is 0.500 bits per heavy atom. The van der Waals surface area contributed by atoms with Crippen molar-refractivity contribution in [3.63, 3.8) is 0 Å². The Balaban J connectivity index is 1.33. The minimum Gasteiger partial charge on any atom is -0.478 e. The van der Waals surface area contributed by atoms with E-state index in [2.05, 4.69) is 0 Å². The molecule has 0 saturated carbocycles. The maximum absolute atomic E-state index is 15.3. The Hall–Kier alpha value is -8.84. The molecule has 2 aromatic heterocycles. The normalized spacial score (nSPS) is 17.4. The number of rotatable bonds is 10. The Morgan fingerprint density at radius 1 is 0.306 bits per heavy atom. The quantitative estimate of drug-likeness (QED) is 0.0991. The smallest absolute Gasteiger partial charge is 0.336 e. The molecule has 0 aliphatic carbocycles.